The van der Waals surface area contributed by atoms with Crippen LogP contribution in [-0.2, 0) is 16.8 Å². The van der Waals surface area contributed by atoms with E-state index in [4.69, 9.17) is 4.42 Å². The summed E-state index contributed by atoms with van der Waals surface area (Å²) in [7, 11) is 0. The van der Waals surface area contributed by atoms with Gasteiger partial charge in [-0.1, -0.05) is 56.8 Å². The molecule has 0 aliphatic heterocycles. The van der Waals surface area contributed by atoms with Gasteiger partial charge in [0.25, 0.3) is 5.22 Å². The van der Waals surface area contributed by atoms with Crippen LogP contribution in [0.15, 0.2) is 33.9 Å². The summed E-state index contributed by atoms with van der Waals surface area (Å²) < 4.78 is 5.54. The minimum Gasteiger partial charge on any atom is -0.415 e. The number of hydrogen-bond acceptors (Lipinski definition) is 5. The van der Waals surface area contributed by atoms with Crippen molar-refractivity contribution < 1.29 is 9.21 Å². The lowest BCUT2D eigenvalue weighted by Gasteiger charge is -2.10. The summed E-state index contributed by atoms with van der Waals surface area (Å²) in [6.07, 6.45) is 0. The molecule has 1 aromatic carbocycles. The maximum atomic E-state index is 11.9. The van der Waals surface area contributed by atoms with Gasteiger partial charge in [0.1, 0.15) is 0 Å². The first-order chi connectivity index (χ1) is 10.4. The summed E-state index contributed by atoms with van der Waals surface area (Å²) in [6.45, 7) is 8.57. The molecule has 0 fully saturated rings. The Balaban J connectivity index is 1.81. The molecule has 1 heterocycles. The van der Waals surface area contributed by atoms with E-state index in [9.17, 15) is 4.79 Å². The number of amides is 1. The van der Waals surface area contributed by atoms with Crippen molar-refractivity contribution in [3.63, 3.8) is 0 Å². The Bertz CT molecular complexity index is 647. The van der Waals surface area contributed by atoms with Gasteiger partial charge in [0.2, 0.25) is 11.8 Å². The van der Waals surface area contributed by atoms with Crippen LogP contribution in [-0.4, -0.2) is 21.9 Å². The second-order valence-electron chi connectivity index (χ2n) is 6.12. The number of nitrogens with one attached hydrogen (secondary N) is 1. The van der Waals surface area contributed by atoms with Gasteiger partial charge in [0.05, 0.1) is 5.75 Å². The number of thioether (sulfide) groups is 1. The molecule has 0 saturated carbocycles. The van der Waals surface area contributed by atoms with Gasteiger partial charge >= 0.3 is 0 Å². The third kappa shape index (κ3) is 4.59. The molecule has 6 heteroatoms. The van der Waals surface area contributed by atoms with Gasteiger partial charge in [-0.3, -0.25) is 4.79 Å². The molecule has 0 radical (unpaired) electrons. The highest BCUT2D eigenvalue weighted by atomic mass is 32.2. The fraction of sp³-hybridized carbons (Fsp3) is 0.438. The van der Waals surface area contributed by atoms with Gasteiger partial charge in [-0.05, 0) is 18.1 Å². The summed E-state index contributed by atoms with van der Waals surface area (Å²) >= 11 is 1.25. The lowest BCUT2D eigenvalue weighted by Crippen LogP contribution is -2.24. The maximum Gasteiger partial charge on any atom is 0.277 e. The van der Waals surface area contributed by atoms with Crippen LogP contribution < -0.4 is 5.32 Å². The molecule has 1 aromatic heterocycles. The lowest BCUT2D eigenvalue weighted by molar-refractivity contribution is -0.118. The summed E-state index contributed by atoms with van der Waals surface area (Å²) in [6, 6.07) is 7.99. The second-order valence-corrected chi connectivity index (χ2v) is 7.04. The quantitative estimate of drug-likeness (QED) is 0.858. The van der Waals surface area contributed by atoms with E-state index in [2.05, 4.69) is 15.5 Å². The zero-order valence-corrected chi connectivity index (χ0v) is 14.2. The number of carbonyl (C=O) groups is 1. The average molecular weight is 319 g/mol. The maximum absolute atomic E-state index is 11.9. The van der Waals surface area contributed by atoms with E-state index in [-0.39, 0.29) is 17.1 Å². The molecule has 0 bridgehead atoms. The summed E-state index contributed by atoms with van der Waals surface area (Å²) in [5.74, 6) is 0.788. The van der Waals surface area contributed by atoms with E-state index >= 15 is 0 Å². The van der Waals surface area contributed by atoms with Crippen LogP contribution in [0.1, 0.15) is 37.8 Å². The molecule has 118 valence electrons. The molecule has 0 aliphatic rings. The largest absolute Gasteiger partial charge is 0.415 e. The Kier molecular flexibility index (Phi) is 5.24. The Hall–Kier alpha value is -1.82. The van der Waals surface area contributed by atoms with Crippen LogP contribution in [0.2, 0.25) is 0 Å². The second kappa shape index (κ2) is 6.96. The molecule has 0 aliphatic carbocycles. The first kappa shape index (κ1) is 16.5. The molecule has 0 atom stereocenters. The normalized spacial score (nSPS) is 11.5. The standard InChI is InChI=1S/C16H21N3O2S/c1-11-7-5-6-8-12(11)9-17-13(20)10-22-15-19-18-14(21-15)16(2,3)4/h5-8H,9-10H2,1-4H3,(H,17,20). The van der Waals surface area contributed by atoms with Crippen molar-refractivity contribution in [2.75, 3.05) is 5.75 Å². The highest BCUT2D eigenvalue weighted by Crippen LogP contribution is 2.24. The fourth-order valence-electron chi connectivity index (χ4n) is 1.75. The molecule has 2 rings (SSSR count). The molecule has 0 unspecified atom stereocenters. The third-order valence-electron chi connectivity index (χ3n) is 3.11. The first-order valence-electron chi connectivity index (χ1n) is 7.14. The first-order valence-corrected chi connectivity index (χ1v) is 8.13. The molecule has 0 saturated heterocycles. The lowest BCUT2D eigenvalue weighted by atomic mass is 9.97. The minimum atomic E-state index is -0.182. The predicted octanol–water partition coefficient (Wildman–Crippen LogP) is 3.08. The molecule has 22 heavy (non-hydrogen) atoms. The topological polar surface area (TPSA) is 68.0 Å². The van der Waals surface area contributed by atoms with Gasteiger partial charge in [0, 0.05) is 12.0 Å². The molecular weight excluding hydrogens is 298 g/mol. The number of hydrogen-bond donors (Lipinski definition) is 1. The minimum absolute atomic E-state index is 0.0521. The number of aryl methyl sites for hydroxylation is 1. The van der Waals surface area contributed by atoms with Crippen molar-refractivity contribution >= 4 is 17.7 Å². The molecule has 2 aromatic rings. The van der Waals surface area contributed by atoms with Crippen LogP contribution >= 0.6 is 11.8 Å². The number of aromatic nitrogens is 2. The van der Waals surface area contributed by atoms with Gasteiger partial charge in [-0.25, -0.2) is 0 Å². The highest BCUT2D eigenvalue weighted by molar-refractivity contribution is 7.99. The number of carbonyl (C=O) groups excluding carboxylic acids is 1. The van der Waals surface area contributed by atoms with Crippen molar-refractivity contribution in [1.82, 2.24) is 15.5 Å². The van der Waals surface area contributed by atoms with Crippen LogP contribution in [0, 0.1) is 6.92 Å². The Morgan fingerprint density at radius 1 is 1.27 bits per heavy atom. The van der Waals surface area contributed by atoms with Crippen molar-refractivity contribution in [1.29, 1.82) is 0 Å². The molecule has 1 amide bonds. The van der Waals surface area contributed by atoms with E-state index in [1.165, 1.54) is 17.3 Å². The number of nitrogens with zero attached hydrogens (tertiary/aromatic N) is 2. The van der Waals surface area contributed by atoms with Gasteiger partial charge < -0.3 is 9.73 Å². The van der Waals surface area contributed by atoms with E-state index in [0.717, 1.165) is 5.56 Å². The molecule has 5 nitrogen and oxygen atoms in total. The Morgan fingerprint density at radius 2 is 2.00 bits per heavy atom. The fourth-order valence-corrected chi connectivity index (χ4v) is 2.34. The van der Waals surface area contributed by atoms with Gasteiger partial charge in [-0.15, -0.1) is 10.2 Å². The van der Waals surface area contributed by atoms with Crippen molar-refractivity contribution in [3.8, 4) is 0 Å². The Morgan fingerprint density at radius 3 is 2.64 bits per heavy atom. The monoisotopic (exact) mass is 319 g/mol. The van der Waals surface area contributed by atoms with Crippen LogP contribution in [0.25, 0.3) is 0 Å². The SMILES string of the molecule is Cc1ccccc1CNC(=O)CSc1nnc(C(C)(C)C)o1. The number of benzene rings is 1. The molecular formula is C16H21N3O2S. The number of rotatable bonds is 5. The third-order valence-corrected chi connectivity index (χ3v) is 3.93. The molecule has 0 spiro atoms. The van der Waals surface area contributed by atoms with Gasteiger partial charge in [0.15, 0.2) is 0 Å². The zero-order chi connectivity index (χ0) is 16.2. The average Bonchev–Trinajstić information content (AvgIpc) is 2.93. The van der Waals surface area contributed by atoms with Crippen LogP contribution in [0.3, 0.4) is 0 Å². The zero-order valence-electron chi connectivity index (χ0n) is 13.3. The summed E-state index contributed by atoms with van der Waals surface area (Å²) in [5, 5.41) is 11.3. The van der Waals surface area contributed by atoms with Crippen molar-refractivity contribution in [2.24, 2.45) is 0 Å². The van der Waals surface area contributed by atoms with Crippen molar-refractivity contribution in [2.45, 2.75) is 44.9 Å². The predicted molar refractivity (Wildman–Crippen MR) is 86.7 cm³/mol. The smallest absolute Gasteiger partial charge is 0.277 e. The summed E-state index contributed by atoms with van der Waals surface area (Å²) in [5.41, 5.74) is 2.11. The highest BCUT2D eigenvalue weighted by Gasteiger charge is 2.21. The van der Waals surface area contributed by atoms with Crippen LogP contribution in [0.5, 0.6) is 0 Å². The van der Waals surface area contributed by atoms with E-state index in [0.29, 0.717) is 17.7 Å². The van der Waals surface area contributed by atoms with Gasteiger partial charge in [-0.2, -0.15) is 0 Å². The van der Waals surface area contributed by atoms with E-state index in [1.807, 2.05) is 52.0 Å². The van der Waals surface area contributed by atoms with E-state index in [1.54, 1.807) is 0 Å². The molecule has 1 N–H and O–H groups in total. The van der Waals surface area contributed by atoms with Crippen LogP contribution in [0.4, 0.5) is 0 Å². The van der Waals surface area contributed by atoms with Crippen molar-refractivity contribution in [3.05, 3.63) is 41.3 Å². The van der Waals surface area contributed by atoms with E-state index < -0.39 is 0 Å². The Labute approximate surface area is 134 Å². The summed E-state index contributed by atoms with van der Waals surface area (Å²) in [4.78, 5) is 11.9.